The van der Waals surface area contributed by atoms with Crippen LogP contribution in [0.25, 0.3) is 28.2 Å². The predicted octanol–water partition coefficient (Wildman–Crippen LogP) is 5.28. The maximum atomic E-state index is 12.4. The maximum absolute atomic E-state index is 12.4. The molecular weight excluding hydrogens is 462 g/mol. The first-order chi connectivity index (χ1) is 16.8. The van der Waals surface area contributed by atoms with Gasteiger partial charge in [-0.2, -0.15) is 5.26 Å². The van der Waals surface area contributed by atoms with Crippen molar-refractivity contribution < 1.29 is 17.9 Å². The molecule has 1 atom stereocenters. The number of hydrogen-bond acceptors (Lipinski definition) is 6. The van der Waals surface area contributed by atoms with Gasteiger partial charge in [-0.1, -0.05) is 39.0 Å². The van der Waals surface area contributed by atoms with Gasteiger partial charge in [-0.25, -0.2) is 13.1 Å². The van der Waals surface area contributed by atoms with Crippen molar-refractivity contribution in [2.45, 2.75) is 46.1 Å². The van der Waals surface area contributed by atoms with E-state index in [0.29, 0.717) is 12.2 Å². The molecule has 1 unspecified atom stereocenters. The number of allylic oxidation sites excluding steroid dienone is 1. The van der Waals surface area contributed by atoms with Crippen LogP contribution in [0.4, 0.5) is 5.69 Å². The lowest BCUT2D eigenvalue weighted by atomic mass is 10.0. The monoisotopic (exact) mass is 495 g/mol. The second kappa shape index (κ2) is 12.0. The Kier molecular flexibility index (Phi) is 9.10. The van der Waals surface area contributed by atoms with Crippen molar-refractivity contribution in [1.82, 2.24) is 4.72 Å². The average Bonchev–Trinajstić information content (AvgIpc) is 3.33. The Morgan fingerprint density at radius 2 is 1.77 bits per heavy atom. The van der Waals surface area contributed by atoms with Gasteiger partial charge in [-0.3, -0.25) is 0 Å². The Labute approximate surface area is 207 Å². The minimum absolute atomic E-state index is 0.158. The normalized spacial score (nSPS) is 13.1. The zero-order chi connectivity index (χ0) is 25.4. The number of nitrogens with one attached hydrogen (secondary N) is 1. The van der Waals surface area contributed by atoms with E-state index >= 15 is 0 Å². The fourth-order valence-electron chi connectivity index (χ4n) is 3.81. The quantitative estimate of drug-likeness (QED) is 0.331. The summed E-state index contributed by atoms with van der Waals surface area (Å²) < 4.78 is 32.9. The molecule has 3 rings (SSSR count). The largest absolute Gasteiger partial charge is 0.457 e. The van der Waals surface area contributed by atoms with Crippen LogP contribution in [0, 0.1) is 11.3 Å². The van der Waals surface area contributed by atoms with Crippen LogP contribution in [0.15, 0.2) is 57.9 Å². The molecule has 0 radical (unpaired) electrons. The van der Waals surface area contributed by atoms with Crippen LogP contribution in [0.5, 0.6) is 0 Å². The summed E-state index contributed by atoms with van der Waals surface area (Å²) in [5.74, 6) is 0.827. The summed E-state index contributed by atoms with van der Waals surface area (Å²) in [5.41, 5.74) is 2.07. The molecule has 0 aliphatic carbocycles. The lowest BCUT2D eigenvalue weighted by Gasteiger charge is -2.24. The lowest BCUT2D eigenvalue weighted by molar-refractivity contribution is 0.174. The Morgan fingerprint density at radius 3 is 2.43 bits per heavy atom. The van der Waals surface area contributed by atoms with E-state index in [1.165, 1.54) is 11.8 Å². The number of aliphatic hydroxyl groups is 1. The molecule has 0 saturated carbocycles. The first-order valence-corrected chi connectivity index (χ1v) is 13.5. The van der Waals surface area contributed by atoms with E-state index in [9.17, 15) is 18.8 Å². The van der Waals surface area contributed by atoms with Crippen molar-refractivity contribution >= 4 is 32.6 Å². The van der Waals surface area contributed by atoms with Crippen LogP contribution in [0.1, 0.15) is 45.8 Å². The van der Waals surface area contributed by atoms with Gasteiger partial charge in [0.1, 0.15) is 17.6 Å². The number of aliphatic hydroxyl groups excluding tert-OH is 1. The first kappa shape index (κ1) is 26.5. The van der Waals surface area contributed by atoms with Crippen LogP contribution in [-0.2, 0) is 10.0 Å². The summed E-state index contributed by atoms with van der Waals surface area (Å²) in [4.78, 5) is 1.92. The standard InChI is InChI=1S/C27H33N3O4S/c1-4-13-30(14-5-2)23-10-9-20-15-22(8-7-21(20)16-23)27-12-11-25(34-27)17-26(18-28)35(32,33)29-19-24(31)6-3/h7-12,15-17,24,29,31H,4-6,13-14,19H2,1-3H3/b26-17+. The summed E-state index contributed by atoms with van der Waals surface area (Å²) in [7, 11) is -4.05. The van der Waals surface area contributed by atoms with Crippen molar-refractivity contribution in [3.63, 3.8) is 0 Å². The van der Waals surface area contributed by atoms with Gasteiger partial charge >= 0.3 is 0 Å². The zero-order valence-electron chi connectivity index (χ0n) is 20.5. The van der Waals surface area contributed by atoms with Gasteiger partial charge in [0.25, 0.3) is 10.0 Å². The van der Waals surface area contributed by atoms with Gasteiger partial charge in [-0.15, -0.1) is 0 Å². The number of sulfonamides is 1. The Morgan fingerprint density at radius 1 is 1.09 bits per heavy atom. The topological polar surface area (TPSA) is 107 Å². The SMILES string of the molecule is CCCN(CCC)c1ccc2cc(-c3ccc(/C=C(\C#N)S(=O)(=O)NCC(O)CC)o3)ccc2c1. The molecule has 3 aromatic rings. The smallest absolute Gasteiger partial charge is 0.250 e. The number of nitriles is 1. The molecule has 186 valence electrons. The van der Waals surface area contributed by atoms with E-state index in [0.717, 1.165) is 42.3 Å². The van der Waals surface area contributed by atoms with Gasteiger partial charge in [0.05, 0.1) is 6.10 Å². The van der Waals surface area contributed by atoms with E-state index in [2.05, 4.69) is 47.7 Å². The molecule has 35 heavy (non-hydrogen) atoms. The minimum Gasteiger partial charge on any atom is -0.457 e. The first-order valence-electron chi connectivity index (χ1n) is 12.0. The molecule has 2 N–H and O–H groups in total. The van der Waals surface area contributed by atoms with E-state index in [-0.39, 0.29) is 12.3 Å². The molecule has 0 aliphatic heterocycles. The van der Waals surface area contributed by atoms with Crippen LogP contribution in [0.3, 0.4) is 0 Å². The van der Waals surface area contributed by atoms with Gasteiger partial charge in [0.2, 0.25) is 0 Å². The molecule has 0 saturated heterocycles. The van der Waals surface area contributed by atoms with Gasteiger partial charge < -0.3 is 14.4 Å². The highest BCUT2D eigenvalue weighted by molar-refractivity contribution is 7.93. The number of fused-ring (bicyclic) bond motifs is 1. The summed E-state index contributed by atoms with van der Waals surface area (Å²) in [6, 6.07) is 17.6. The highest BCUT2D eigenvalue weighted by Gasteiger charge is 2.19. The van der Waals surface area contributed by atoms with Crippen molar-refractivity contribution in [2.24, 2.45) is 0 Å². The third kappa shape index (κ3) is 6.73. The number of hydrogen-bond donors (Lipinski definition) is 2. The molecule has 0 bridgehead atoms. The van der Waals surface area contributed by atoms with E-state index in [4.69, 9.17) is 4.42 Å². The second-order valence-electron chi connectivity index (χ2n) is 8.47. The number of furan rings is 1. The van der Waals surface area contributed by atoms with Gasteiger partial charge in [-0.05, 0) is 60.4 Å². The highest BCUT2D eigenvalue weighted by Crippen LogP contribution is 2.29. The third-order valence-electron chi connectivity index (χ3n) is 5.74. The molecule has 0 aliphatic rings. The summed E-state index contributed by atoms with van der Waals surface area (Å²) in [6.07, 6.45) is 2.96. The summed E-state index contributed by atoms with van der Waals surface area (Å²) in [6.45, 7) is 8.00. The van der Waals surface area contributed by atoms with Crippen molar-refractivity contribution in [3.05, 3.63) is 59.2 Å². The zero-order valence-corrected chi connectivity index (χ0v) is 21.3. The van der Waals surface area contributed by atoms with Gasteiger partial charge in [0.15, 0.2) is 4.91 Å². The number of anilines is 1. The van der Waals surface area contributed by atoms with Crippen LogP contribution >= 0.6 is 0 Å². The average molecular weight is 496 g/mol. The summed E-state index contributed by atoms with van der Waals surface area (Å²) >= 11 is 0. The Hall–Kier alpha value is -3.12. The molecule has 0 spiro atoms. The third-order valence-corrected chi connectivity index (χ3v) is 7.08. The molecule has 1 heterocycles. The molecule has 8 heteroatoms. The van der Waals surface area contributed by atoms with Crippen molar-refractivity contribution in [1.29, 1.82) is 5.26 Å². The van der Waals surface area contributed by atoms with E-state index in [1.807, 2.05) is 12.1 Å². The minimum atomic E-state index is -4.05. The predicted molar refractivity (Wildman–Crippen MR) is 141 cm³/mol. The number of nitrogens with zero attached hydrogens (tertiary/aromatic N) is 2. The molecule has 0 amide bonds. The highest BCUT2D eigenvalue weighted by atomic mass is 32.2. The molecular formula is C27H33N3O4S. The number of benzene rings is 2. The van der Waals surface area contributed by atoms with Crippen LogP contribution < -0.4 is 9.62 Å². The summed E-state index contributed by atoms with van der Waals surface area (Å²) in [5, 5.41) is 21.2. The fourth-order valence-corrected chi connectivity index (χ4v) is 4.76. The van der Waals surface area contributed by atoms with Crippen LogP contribution in [-0.4, -0.2) is 39.3 Å². The molecule has 7 nitrogen and oxygen atoms in total. The van der Waals surface area contributed by atoms with E-state index < -0.39 is 21.0 Å². The van der Waals surface area contributed by atoms with E-state index in [1.54, 1.807) is 25.1 Å². The Balaban J connectivity index is 1.84. The fraction of sp³-hybridized carbons (Fsp3) is 0.370. The maximum Gasteiger partial charge on any atom is 0.250 e. The van der Waals surface area contributed by atoms with Gasteiger partial charge in [0, 0.05) is 37.0 Å². The van der Waals surface area contributed by atoms with Crippen molar-refractivity contribution in [2.75, 3.05) is 24.5 Å². The van der Waals surface area contributed by atoms with Crippen LogP contribution in [0.2, 0.25) is 0 Å². The second-order valence-corrected chi connectivity index (χ2v) is 10.2. The molecule has 2 aromatic carbocycles. The molecule has 0 fully saturated rings. The molecule has 1 aromatic heterocycles. The lowest BCUT2D eigenvalue weighted by Crippen LogP contribution is -2.32. The number of rotatable bonds is 12. The Bertz CT molecular complexity index is 1320. The van der Waals surface area contributed by atoms with Crippen molar-refractivity contribution in [3.8, 4) is 17.4 Å².